The zero-order chi connectivity index (χ0) is 21.1. The quantitative estimate of drug-likeness (QED) is 0.593. The fraction of sp³-hybridized carbons (Fsp3) is 0.333. The summed E-state index contributed by atoms with van der Waals surface area (Å²) in [6, 6.07) is 13.9. The smallest absolute Gasteiger partial charge is 0.258 e. The van der Waals surface area contributed by atoms with E-state index in [4.69, 9.17) is 14.0 Å². The second kappa shape index (κ2) is 8.45. The zero-order valence-electron chi connectivity index (χ0n) is 16.8. The third kappa shape index (κ3) is 4.03. The Hall–Kier alpha value is -2.91. The minimum atomic E-state index is -3.54. The monoisotopic (exact) mass is 429 g/mol. The van der Waals surface area contributed by atoms with Crippen LogP contribution >= 0.6 is 0 Å². The second-order valence-corrected chi connectivity index (χ2v) is 8.98. The Labute approximate surface area is 175 Å². The molecule has 2 heterocycles. The number of hydrogen-bond acceptors (Lipinski definition) is 7. The van der Waals surface area contributed by atoms with Crippen molar-refractivity contribution in [1.82, 2.24) is 14.4 Å². The van der Waals surface area contributed by atoms with Crippen molar-refractivity contribution in [3.63, 3.8) is 0 Å². The first-order valence-corrected chi connectivity index (χ1v) is 11.1. The van der Waals surface area contributed by atoms with Gasteiger partial charge >= 0.3 is 0 Å². The van der Waals surface area contributed by atoms with Gasteiger partial charge in [0.25, 0.3) is 5.89 Å². The van der Waals surface area contributed by atoms with Crippen LogP contribution in [0.3, 0.4) is 0 Å². The molecule has 3 aromatic rings. The van der Waals surface area contributed by atoms with E-state index >= 15 is 0 Å². The fourth-order valence-corrected chi connectivity index (χ4v) is 4.99. The molecule has 1 aliphatic heterocycles. The molecule has 1 aromatic heterocycles. The first-order chi connectivity index (χ1) is 14.5. The van der Waals surface area contributed by atoms with E-state index in [-0.39, 0.29) is 10.8 Å². The molecule has 0 saturated carbocycles. The first-order valence-electron chi connectivity index (χ1n) is 9.63. The number of rotatable bonds is 6. The van der Waals surface area contributed by atoms with Crippen LogP contribution in [0.5, 0.6) is 11.5 Å². The molecule has 0 bridgehead atoms. The minimum Gasteiger partial charge on any atom is -0.497 e. The Morgan fingerprint density at radius 1 is 1.00 bits per heavy atom. The van der Waals surface area contributed by atoms with Gasteiger partial charge in [-0.2, -0.15) is 9.29 Å². The van der Waals surface area contributed by atoms with Crippen molar-refractivity contribution in [1.29, 1.82) is 0 Å². The van der Waals surface area contributed by atoms with E-state index in [9.17, 15) is 8.42 Å². The molecule has 0 N–H and O–H groups in total. The Balaban J connectivity index is 1.44. The lowest BCUT2D eigenvalue weighted by molar-refractivity contribution is 0.307. The van der Waals surface area contributed by atoms with Crippen molar-refractivity contribution >= 4 is 10.0 Å². The number of sulfonamides is 1. The SMILES string of the molecule is COc1ccc(S(=O)(=O)N2CCC(c3noc(-c4cccc(OC)c4)n3)CC2)cc1. The molecular weight excluding hydrogens is 406 g/mol. The van der Waals surface area contributed by atoms with Crippen molar-refractivity contribution < 1.29 is 22.4 Å². The number of piperidine rings is 1. The molecule has 1 saturated heterocycles. The van der Waals surface area contributed by atoms with Gasteiger partial charge < -0.3 is 14.0 Å². The lowest BCUT2D eigenvalue weighted by Crippen LogP contribution is -2.38. The van der Waals surface area contributed by atoms with Crippen LogP contribution in [-0.2, 0) is 10.0 Å². The van der Waals surface area contributed by atoms with Gasteiger partial charge in [0, 0.05) is 24.6 Å². The van der Waals surface area contributed by atoms with Crippen molar-refractivity contribution in [2.45, 2.75) is 23.7 Å². The maximum atomic E-state index is 12.9. The van der Waals surface area contributed by atoms with Gasteiger partial charge in [0.15, 0.2) is 5.82 Å². The van der Waals surface area contributed by atoms with Crippen LogP contribution in [0.25, 0.3) is 11.5 Å². The molecular formula is C21H23N3O5S. The van der Waals surface area contributed by atoms with Crippen LogP contribution in [-0.4, -0.2) is 50.2 Å². The Morgan fingerprint density at radius 2 is 1.70 bits per heavy atom. The molecule has 0 atom stereocenters. The van der Waals surface area contributed by atoms with Gasteiger partial charge in [-0.25, -0.2) is 8.42 Å². The van der Waals surface area contributed by atoms with E-state index in [0.717, 1.165) is 5.56 Å². The summed E-state index contributed by atoms with van der Waals surface area (Å²) >= 11 is 0. The van der Waals surface area contributed by atoms with Crippen molar-refractivity contribution in [3.05, 3.63) is 54.4 Å². The highest BCUT2D eigenvalue weighted by molar-refractivity contribution is 7.89. The van der Waals surface area contributed by atoms with Crippen LogP contribution in [0.4, 0.5) is 0 Å². The van der Waals surface area contributed by atoms with Gasteiger partial charge in [-0.15, -0.1) is 0 Å². The number of hydrogen-bond donors (Lipinski definition) is 0. The minimum absolute atomic E-state index is 0.0513. The van der Waals surface area contributed by atoms with E-state index in [1.54, 1.807) is 38.5 Å². The third-order valence-electron chi connectivity index (χ3n) is 5.27. The predicted molar refractivity (Wildman–Crippen MR) is 110 cm³/mol. The summed E-state index contributed by atoms with van der Waals surface area (Å²) in [7, 11) is -0.388. The van der Waals surface area contributed by atoms with E-state index in [1.807, 2.05) is 24.3 Å². The highest BCUT2D eigenvalue weighted by Gasteiger charge is 2.32. The second-order valence-electron chi connectivity index (χ2n) is 7.04. The van der Waals surface area contributed by atoms with Gasteiger partial charge in [0.05, 0.1) is 19.1 Å². The van der Waals surface area contributed by atoms with Gasteiger partial charge in [0.2, 0.25) is 10.0 Å². The molecule has 0 aliphatic carbocycles. The van der Waals surface area contributed by atoms with Crippen LogP contribution < -0.4 is 9.47 Å². The Morgan fingerprint density at radius 3 is 2.37 bits per heavy atom. The standard InChI is InChI=1S/C21H23N3O5S/c1-27-17-6-8-19(9-7-17)30(25,26)24-12-10-15(11-13-24)20-22-21(29-23-20)16-4-3-5-18(14-16)28-2/h3-9,14-15H,10-13H2,1-2H3. The van der Waals surface area contributed by atoms with Crippen LogP contribution in [0.2, 0.25) is 0 Å². The Bertz CT molecular complexity index is 1100. The summed E-state index contributed by atoms with van der Waals surface area (Å²) in [5.74, 6) is 2.42. The molecule has 0 unspecified atom stereocenters. The van der Waals surface area contributed by atoms with Crippen molar-refractivity contribution in [3.8, 4) is 23.0 Å². The topological polar surface area (TPSA) is 94.8 Å². The Kier molecular flexibility index (Phi) is 5.74. The maximum absolute atomic E-state index is 12.9. The molecule has 0 amide bonds. The number of aromatic nitrogens is 2. The lowest BCUT2D eigenvalue weighted by atomic mass is 9.97. The van der Waals surface area contributed by atoms with Gasteiger partial charge in [-0.05, 0) is 55.3 Å². The average Bonchev–Trinajstić information content (AvgIpc) is 3.29. The number of methoxy groups -OCH3 is 2. The van der Waals surface area contributed by atoms with Gasteiger partial charge in [-0.1, -0.05) is 11.2 Å². The zero-order valence-corrected chi connectivity index (χ0v) is 17.6. The summed E-state index contributed by atoms with van der Waals surface area (Å²) in [4.78, 5) is 4.79. The van der Waals surface area contributed by atoms with Crippen molar-refractivity contribution in [2.24, 2.45) is 0 Å². The highest BCUT2D eigenvalue weighted by Crippen LogP contribution is 2.31. The third-order valence-corrected chi connectivity index (χ3v) is 7.19. The largest absolute Gasteiger partial charge is 0.497 e. The van der Waals surface area contributed by atoms with E-state index in [1.165, 1.54) is 4.31 Å². The molecule has 0 radical (unpaired) electrons. The first kappa shape index (κ1) is 20.4. The van der Waals surface area contributed by atoms with Crippen LogP contribution in [0.15, 0.2) is 57.9 Å². The molecule has 2 aromatic carbocycles. The molecule has 0 spiro atoms. The average molecular weight is 429 g/mol. The molecule has 9 heteroatoms. The molecule has 158 valence electrons. The predicted octanol–water partition coefficient (Wildman–Crippen LogP) is 3.32. The molecule has 8 nitrogen and oxygen atoms in total. The molecule has 1 fully saturated rings. The summed E-state index contributed by atoms with van der Waals surface area (Å²) in [5.41, 5.74) is 0.785. The summed E-state index contributed by atoms with van der Waals surface area (Å²) in [6.45, 7) is 0.810. The normalized spacial score (nSPS) is 15.8. The van der Waals surface area contributed by atoms with Crippen LogP contribution in [0, 0.1) is 0 Å². The molecule has 30 heavy (non-hydrogen) atoms. The summed E-state index contributed by atoms with van der Waals surface area (Å²) in [6.07, 6.45) is 1.26. The number of benzene rings is 2. The highest BCUT2D eigenvalue weighted by atomic mass is 32.2. The molecule has 1 aliphatic rings. The van der Waals surface area contributed by atoms with Crippen molar-refractivity contribution in [2.75, 3.05) is 27.3 Å². The van der Waals surface area contributed by atoms with E-state index in [0.29, 0.717) is 49.1 Å². The maximum Gasteiger partial charge on any atom is 0.258 e. The number of nitrogens with zero attached hydrogens (tertiary/aromatic N) is 3. The lowest BCUT2D eigenvalue weighted by Gasteiger charge is -2.29. The van der Waals surface area contributed by atoms with Crippen LogP contribution in [0.1, 0.15) is 24.6 Å². The summed E-state index contributed by atoms with van der Waals surface area (Å²) < 4.78 is 43.1. The number of ether oxygens (including phenoxy) is 2. The summed E-state index contributed by atoms with van der Waals surface area (Å²) in [5, 5.41) is 4.13. The fourth-order valence-electron chi connectivity index (χ4n) is 3.53. The van der Waals surface area contributed by atoms with E-state index < -0.39 is 10.0 Å². The molecule has 4 rings (SSSR count). The van der Waals surface area contributed by atoms with Gasteiger partial charge in [-0.3, -0.25) is 0 Å². The van der Waals surface area contributed by atoms with Gasteiger partial charge in [0.1, 0.15) is 11.5 Å². The van der Waals surface area contributed by atoms with E-state index in [2.05, 4.69) is 10.1 Å².